The van der Waals surface area contributed by atoms with Gasteiger partial charge in [-0.05, 0) is 30.0 Å². The predicted octanol–water partition coefficient (Wildman–Crippen LogP) is 2.80. The van der Waals surface area contributed by atoms with Gasteiger partial charge in [0.2, 0.25) is 5.91 Å². The Morgan fingerprint density at radius 1 is 1.21 bits per heavy atom. The molecule has 2 aliphatic heterocycles. The van der Waals surface area contributed by atoms with Crippen LogP contribution in [0.1, 0.15) is 22.5 Å². The summed E-state index contributed by atoms with van der Waals surface area (Å²) in [5, 5.41) is 9.03. The van der Waals surface area contributed by atoms with Crippen molar-refractivity contribution in [3.63, 3.8) is 0 Å². The van der Waals surface area contributed by atoms with Crippen molar-refractivity contribution in [1.29, 1.82) is 0 Å². The van der Waals surface area contributed by atoms with Crippen molar-refractivity contribution in [1.82, 2.24) is 9.88 Å². The van der Waals surface area contributed by atoms with Crippen molar-refractivity contribution in [2.75, 3.05) is 11.4 Å². The van der Waals surface area contributed by atoms with E-state index in [1.54, 1.807) is 12.4 Å². The summed E-state index contributed by atoms with van der Waals surface area (Å²) in [7, 11) is 0. The molecule has 2 amide bonds. The van der Waals surface area contributed by atoms with Gasteiger partial charge in [-0.1, -0.05) is 6.07 Å². The zero-order valence-corrected chi connectivity index (χ0v) is 15.7. The van der Waals surface area contributed by atoms with E-state index < -0.39 is 12.1 Å². The summed E-state index contributed by atoms with van der Waals surface area (Å²) in [4.78, 5) is 42.4. The van der Waals surface area contributed by atoms with Gasteiger partial charge in [-0.3, -0.25) is 14.6 Å². The third-order valence-electron chi connectivity index (χ3n) is 4.65. The number of hydrogen-bond donors (Lipinski definition) is 1. The van der Waals surface area contributed by atoms with Gasteiger partial charge in [0.1, 0.15) is 0 Å². The van der Waals surface area contributed by atoms with Crippen LogP contribution in [0.3, 0.4) is 0 Å². The monoisotopic (exact) mass is 427 g/mol. The average Bonchev–Trinajstić information content (AvgIpc) is 3.38. The summed E-state index contributed by atoms with van der Waals surface area (Å²) in [6.45, 7) is 0.704. The third kappa shape index (κ3) is 4.39. The molecule has 2 aromatic heterocycles. The molecule has 154 valence electrons. The number of carbonyl (C=O) groups excluding carboxylic acids is 2. The van der Waals surface area contributed by atoms with Crippen molar-refractivity contribution in [2.24, 2.45) is 0 Å². The highest BCUT2D eigenvalue weighted by atomic mass is 32.1. The number of rotatable bonds is 2. The second-order valence-electron chi connectivity index (χ2n) is 6.38. The number of anilines is 1. The first-order chi connectivity index (χ1) is 13.7. The van der Waals surface area contributed by atoms with Crippen LogP contribution in [0, 0.1) is 0 Å². The second-order valence-corrected chi connectivity index (χ2v) is 7.33. The molecule has 11 heteroatoms. The van der Waals surface area contributed by atoms with Gasteiger partial charge in [0.05, 0.1) is 28.8 Å². The minimum Gasteiger partial charge on any atom is -0.475 e. The number of aromatic nitrogens is 1. The summed E-state index contributed by atoms with van der Waals surface area (Å²) in [5.41, 5.74) is 0.824. The molecule has 2 fully saturated rings. The van der Waals surface area contributed by atoms with E-state index in [9.17, 15) is 22.8 Å². The zero-order chi connectivity index (χ0) is 21.2. The molecule has 1 N–H and O–H groups in total. The lowest BCUT2D eigenvalue weighted by Gasteiger charge is -2.25. The maximum absolute atomic E-state index is 12.6. The number of likely N-dealkylation sites (tertiary alicyclic amines) is 1. The molecule has 0 unspecified atom stereocenters. The number of fused-ring (bicyclic) bond motifs is 1. The number of amides is 2. The Morgan fingerprint density at radius 3 is 2.48 bits per heavy atom. The van der Waals surface area contributed by atoms with Gasteiger partial charge in [-0.15, -0.1) is 11.3 Å². The van der Waals surface area contributed by atoms with Crippen molar-refractivity contribution in [2.45, 2.75) is 31.1 Å². The van der Waals surface area contributed by atoms with Crippen molar-refractivity contribution >= 4 is 34.8 Å². The van der Waals surface area contributed by atoms with Gasteiger partial charge in [-0.2, -0.15) is 13.2 Å². The Balaban J connectivity index is 0.000000298. The molecule has 2 atom stereocenters. The fourth-order valence-electron chi connectivity index (χ4n) is 3.47. The molecule has 0 saturated carbocycles. The van der Waals surface area contributed by atoms with Crippen LogP contribution in [0.25, 0.3) is 0 Å². The first-order valence-corrected chi connectivity index (χ1v) is 9.44. The molecule has 2 saturated heterocycles. The maximum atomic E-state index is 12.6. The van der Waals surface area contributed by atoms with Crippen molar-refractivity contribution in [3.8, 4) is 0 Å². The standard InChI is InChI=1S/C16H15N3O2S.C2HF3O2/c20-15-9-13-12(19(15)11-3-1-6-17-10-11)5-7-18(13)16(21)14-4-2-8-22-14;3-2(4,5)1(6)7/h1-4,6,8,10,12-13H,5,7,9H2;(H,6,7)/t12-,13+;/m0./s1. The van der Waals surface area contributed by atoms with Crippen LogP contribution in [0.4, 0.5) is 18.9 Å². The number of halogens is 3. The molecule has 0 radical (unpaired) electrons. The lowest BCUT2D eigenvalue weighted by molar-refractivity contribution is -0.192. The van der Waals surface area contributed by atoms with E-state index in [1.807, 2.05) is 39.4 Å². The van der Waals surface area contributed by atoms with Gasteiger partial charge in [-0.25, -0.2) is 4.79 Å². The molecule has 0 spiro atoms. The molecule has 4 rings (SSSR count). The Kier molecular flexibility index (Phi) is 5.87. The molecular weight excluding hydrogens is 411 g/mol. The van der Waals surface area contributed by atoms with E-state index in [0.29, 0.717) is 13.0 Å². The molecule has 2 aliphatic rings. The highest BCUT2D eigenvalue weighted by Crippen LogP contribution is 2.36. The van der Waals surface area contributed by atoms with Gasteiger partial charge in [0.25, 0.3) is 5.91 Å². The minimum atomic E-state index is -5.08. The molecule has 0 aromatic carbocycles. The van der Waals surface area contributed by atoms with E-state index in [4.69, 9.17) is 9.90 Å². The SMILES string of the molecule is O=C(O)C(F)(F)F.O=C(c1cccs1)N1CC[C@H]2[C@H]1CC(=O)N2c1cccnc1. The molecule has 0 bridgehead atoms. The largest absolute Gasteiger partial charge is 0.490 e. The van der Waals surface area contributed by atoms with Crippen molar-refractivity contribution < 1.29 is 32.7 Å². The fraction of sp³-hybridized carbons (Fsp3) is 0.333. The number of aliphatic carboxylic acids is 1. The molecular formula is C18H16F3N3O4S. The molecule has 2 aromatic rings. The van der Waals surface area contributed by atoms with Crippen molar-refractivity contribution in [3.05, 3.63) is 46.9 Å². The first-order valence-electron chi connectivity index (χ1n) is 8.57. The van der Waals surface area contributed by atoms with Crippen LogP contribution in [0.15, 0.2) is 42.0 Å². The van der Waals surface area contributed by atoms with Crippen LogP contribution < -0.4 is 4.90 Å². The summed E-state index contributed by atoms with van der Waals surface area (Å²) >= 11 is 1.45. The third-order valence-corrected chi connectivity index (χ3v) is 5.51. The van der Waals surface area contributed by atoms with Crippen LogP contribution in [0.5, 0.6) is 0 Å². The average molecular weight is 427 g/mol. The molecule has 7 nitrogen and oxygen atoms in total. The lowest BCUT2D eigenvalue weighted by Crippen LogP contribution is -2.39. The zero-order valence-electron chi connectivity index (χ0n) is 14.9. The Hall–Kier alpha value is -2.95. The van der Waals surface area contributed by atoms with Gasteiger partial charge < -0.3 is 14.9 Å². The number of pyridine rings is 1. The highest BCUT2D eigenvalue weighted by molar-refractivity contribution is 7.12. The summed E-state index contributed by atoms with van der Waals surface area (Å²) in [5.74, 6) is -2.64. The van der Waals surface area contributed by atoms with Crippen LogP contribution in [-0.2, 0) is 9.59 Å². The van der Waals surface area contributed by atoms with Crippen LogP contribution in [-0.4, -0.2) is 57.6 Å². The molecule has 29 heavy (non-hydrogen) atoms. The number of hydrogen-bond acceptors (Lipinski definition) is 5. The minimum absolute atomic E-state index is 0.0256. The van der Waals surface area contributed by atoms with E-state index >= 15 is 0 Å². The molecule has 4 heterocycles. The number of carboxylic acids is 1. The Morgan fingerprint density at radius 2 is 1.93 bits per heavy atom. The van der Waals surface area contributed by atoms with E-state index in [0.717, 1.165) is 17.0 Å². The lowest BCUT2D eigenvalue weighted by atomic mass is 10.1. The summed E-state index contributed by atoms with van der Waals surface area (Å²) in [6.07, 6.45) is -0.452. The number of nitrogens with zero attached hydrogens (tertiary/aromatic N) is 3. The van der Waals surface area contributed by atoms with Gasteiger partial charge in [0.15, 0.2) is 0 Å². The fourth-order valence-corrected chi connectivity index (χ4v) is 4.15. The Bertz CT molecular complexity index is 890. The van der Waals surface area contributed by atoms with Gasteiger partial charge >= 0.3 is 12.1 Å². The van der Waals surface area contributed by atoms with Gasteiger partial charge in [0, 0.05) is 19.2 Å². The molecule has 0 aliphatic carbocycles. The smallest absolute Gasteiger partial charge is 0.475 e. The topological polar surface area (TPSA) is 90.8 Å². The number of alkyl halides is 3. The van der Waals surface area contributed by atoms with Crippen LogP contribution in [0.2, 0.25) is 0 Å². The normalized spacial score (nSPS) is 20.9. The quantitative estimate of drug-likeness (QED) is 0.796. The highest BCUT2D eigenvalue weighted by Gasteiger charge is 2.49. The number of thiophene rings is 1. The summed E-state index contributed by atoms with van der Waals surface area (Å²) in [6, 6.07) is 7.50. The number of carbonyl (C=O) groups is 3. The van der Waals surface area contributed by atoms with Crippen LogP contribution >= 0.6 is 11.3 Å². The van der Waals surface area contributed by atoms with E-state index in [2.05, 4.69) is 4.98 Å². The Labute approximate surface area is 167 Å². The first kappa shape index (κ1) is 20.8. The predicted molar refractivity (Wildman–Crippen MR) is 97.6 cm³/mol. The number of carboxylic acid groups (broad SMARTS) is 1. The summed E-state index contributed by atoms with van der Waals surface area (Å²) < 4.78 is 31.7. The van der Waals surface area contributed by atoms with E-state index in [-0.39, 0.29) is 23.9 Å². The maximum Gasteiger partial charge on any atom is 0.490 e. The van der Waals surface area contributed by atoms with E-state index in [1.165, 1.54) is 11.3 Å². The second kappa shape index (κ2) is 8.19.